The summed E-state index contributed by atoms with van der Waals surface area (Å²) in [6, 6.07) is 0. The van der Waals surface area contributed by atoms with Crippen molar-refractivity contribution < 1.29 is 88.5 Å². The molecule has 0 atom stereocenters. The summed E-state index contributed by atoms with van der Waals surface area (Å²) in [7, 11) is 0. The SMILES string of the molecule is C=C(C=CC(=O)[O-])C(=O)[O-].C=CC(N)=O.C=CC(N)=O.[Na+].[Na+]. The van der Waals surface area contributed by atoms with Crippen LogP contribution in [0, 0.1) is 0 Å². The summed E-state index contributed by atoms with van der Waals surface area (Å²) in [6.45, 7) is 9.16. The maximum Gasteiger partial charge on any atom is 1.00 e. The number of amides is 2. The Labute approximate surface area is 172 Å². The van der Waals surface area contributed by atoms with Gasteiger partial charge in [-0.05, 0) is 23.8 Å². The van der Waals surface area contributed by atoms with Gasteiger partial charge in [-0.1, -0.05) is 25.8 Å². The van der Waals surface area contributed by atoms with Crippen LogP contribution in [0.25, 0.3) is 0 Å². The van der Waals surface area contributed by atoms with Crippen LogP contribution < -0.4 is 80.8 Å². The number of hydrogen-bond donors (Lipinski definition) is 2. The zero-order valence-corrected chi connectivity index (χ0v) is 16.5. The summed E-state index contributed by atoms with van der Waals surface area (Å²) in [5.74, 6) is -3.94. The summed E-state index contributed by atoms with van der Waals surface area (Å²) in [5.41, 5.74) is 8.67. The molecule has 110 valence electrons. The number of carbonyl (C=O) groups excluding carboxylic acids is 4. The molecule has 0 rings (SSSR count). The predicted octanol–water partition coefficient (Wildman–Crippen LogP) is -9.08. The summed E-state index contributed by atoms with van der Waals surface area (Å²) in [4.78, 5) is 38.5. The van der Waals surface area contributed by atoms with E-state index in [0.717, 1.165) is 18.2 Å². The van der Waals surface area contributed by atoms with E-state index in [0.29, 0.717) is 6.08 Å². The molecule has 0 aromatic carbocycles. The minimum Gasteiger partial charge on any atom is -0.545 e. The van der Waals surface area contributed by atoms with Gasteiger partial charge in [0.1, 0.15) is 0 Å². The molecule has 2 amide bonds. The van der Waals surface area contributed by atoms with E-state index in [9.17, 15) is 29.4 Å². The Morgan fingerprint density at radius 3 is 1.23 bits per heavy atom. The molecule has 0 aromatic heterocycles. The number of nitrogens with two attached hydrogens (primary N) is 2. The van der Waals surface area contributed by atoms with Crippen LogP contribution in [0.4, 0.5) is 0 Å². The molecule has 0 aliphatic heterocycles. The normalized spacial score (nSPS) is 7.27. The minimum absolute atomic E-state index is 0. The fourth-order valence-electron chi connectivity index (χ4n) is 0.237. The van der Waals surface area contributed by atoms with Gasteiger partial charge in [0.05, 0.1) is 11.9 Å². The summed E-state index contributed by atoms with van der Waals surface area (Å²) in [6.07, 6.45) is 3.47. The second kappa shape index (κ2) is 22.1. The monoisotopic (exact) mass is 328 g/mol. The molecule has 0 aliphatic carbocycles. The fraction of sp³-hybridized carbons (Fsp3) is 0. The molecule has 0 saturated heterocycles. The van der Waals surface area contributed by atoms with Crippen molar-refractivity contribution in [3.63, 3.8) is 0 Å². The molecule has 0 radical (unpaired) electrons. The Morgan fingerprint density at radius 2 is 1.09 bits per heavy atom. The van der Waals surface area contributed by atoms with Crippen molar-refractivity contribution in [2.75, 3.05) is 0 Å². The average Bonchev–Trinajstić information content (AvgIpc) is 2.36. The van der Waals surface area contributed by atoms with Crippen molar-refractivity contribution in [1.29, 1.82) is 0 Å². The van der Waals surface area contributed by atoms with E-state index in [-0.39, 0.29) is 59.1 Å². The zero-order valence-electron chi connectivity index (χ0n) is 12.5. The first kappa shape index (κ1) is 32.7. The molecule has 0 unspecified atom stereocenters. The number of carbonyl (C=O) groups is 4. The minimum atomic E-state index is -1.50. The summed E-state index contributed by atoms with van der Waals surface area (Å²) in [5, 5.41) is 19.5. The van der Waals surface area contributed by atoms with Crippen molar-refractivity contribution in [2.45, 2.75) is 0 Å². The van der Waals surface area contributed by atoms with Crippen LogP contribution in [-0.4, -0.2) is 23.8 Å². The quantitative estimate of drug-likeness (QED) is 0.289. The smallest absolute Gasteiger partial charge is 0.545 e. The molecule has 8 nitrogen and oxygen atoms in total. The van der Waals surface area contributed by atoms with Gasteiger partial charge < -0.3 is 31.3 Å². The van der Waals surface area contributed by atoms with Gasteiger partial charge in [-0.25, -0.2) is 0 Å². The molecule has 0 aliphatic rings. The number of carboxylic acids is 2. The Bertz CT molecular complexity index is 429. The third-order valence-electron chi connectivity index (χ3n) is 1.09. The van der Waals surface area contributed by atoms with Crippen molar-refractivity contribution in [3.05, 3.63) is 49.6 Å². The number of carboxylic acid groups (broad SMARTS) is 2. The maximum atomic E-state index is 9.84. The first-order chi connectivity index (χ1) is 9.08. The van der Waals surface area contributed by atoms with Gasteiger partial charge in [-0.3, -0.25) is 9.59 Å². The van der Waals surface area contributed by atoms with E-state index < -0.39 is 29.3 Å². The predicted molar refractivity (Wildman–Crippen MR) is 67.1 cm³/mol. The van der Waals surface area contributed by atoms with Gasteiger partial charge in [0.15, 0.2) is 0 Å². The first-order valence-electron chi connectivity index (χ1n) is 4.71. The molecule has 22 heavy (non-hydrogen) atoms. The van der Waals surface area contributed by atoms with Gasteiger partial charge in [0, 0.05) is 0 Å². The molecule has 0 bridgehead atoms. The van der Waals surface area contributed by atoms with Crippen molar-refractivity contribution >= 4 is 23.8 Å². The van der Waals surface area contributed by atoms with Crippen molar-refractivity contribution in [1.82, 2.24) is 0 Å². The average molecular weight is 328 g/mol. The first-order valence-corrected chi connectivity index (χ1v) is 4.71. The molecule has 0 aromatic rings. The van der Waals surface area contributed by atoms with Gasteiger partial charge in [0.25, 0.3) is 0 Å². The molecule has 4 N–H and O–H groups in total. The van der Waals surface area contributed by atoms with E-state index in [1.165, 1.54) is 0 Å². The van der Waals surface area contributed by atoms with Gasteiger partial charge in [-0.15, -0.1) is 0 Å². The van der Waals surface area contributed by atoms with E-state index in [4.69, 9.17) is 0 Å². The molecule has 0 saturated carbocycles. The largest absolute Gasteiger partial charge is 1.00 e. The molecular formula is C12H14N2Na2O6. The van der Waals surface area contributed by atoms with Crippen LogP contribution >= 0.6 is 0 Å². The third kappa shape index (κ3) is 42.8. The standard InChI is InChI=1S/C6H6O4.2C3H5NO.2Na/c1-4(6(9)10)2-3-5(7)8;2*1-2-3(4)5;;/h2-3H,1H2,(H,7,8)(H,9,10);2*2H,1H2,(H2,4,5);;/q;;;2*+1/p-2. The van der Waals surface area contributed by atoms with Crippen LogP contribution in [0.5, 0.6) is 0 Å². The van der Waals surface area contributed by atoms with Crippen molar-refractivity contribution in [3.8, 4) is 0 Å². The molecule has 0 heterocycles. The molecule has 0 spiro atoms. The van der Waals surface area contributed by atoms with Gasteiger partial charge >= 0.3 is 59.1 Å². The molecular weight excluding hydrogens is 314 g/mol. The Kier molecular flexibility index (Phi) is 32.9. The number of aliphatic carboxylic acids is 2. The van der Waals surface area contributed by atoms with E-state index in [1.807, 2.05) is 0 Å². The fourth-order valence-corrected chi connectivity index (χ4v) is 0.237. The second-order valence-electron chi connectivity index (χ2n) is 2.68. The van der Waals surface area contributed by atoms with Crippen molar-refractivity contribution in [2.24, 2.45) is 11.5 Å². The van der Waals surface area contributed by atoms with Gasteiger partial charge in [-0.2, -0.15) is 0 Å². The van der Waals surface area contributed by atoms with Gasteiger partial charge in [0.2, 0.25) is 11.8 Å². The molecule has 0 fully saturated rings. The second-order valence-corrected chi connectivity index (χ2v) is 2.68. The number of rotatable bonds is 5. The summed E-state index contributed by atoms with van der Waals surface area (Å²) >= 11 is 0. The Hall–Kier alpha value is -1.16. The van der Waals surface area contributed by atoms with E-state index in [1.54, 1.807) is 0 Å². The summed E-state index contributed by atoms with van der Waals surface area (Å²) < 4.78 is 0. The van der Waals surface area contributed by atoms with Crippen LogP contribution in [0.3, 0.4) is 0 Å². The number of primary amides is 2. The Morgan fingerprint density at radius 1 is 0.818 bits per heavy atom. The van der Waals surface area contributed by atoms with Crippen LogP contribution in [0.2, 0.25) is 0 Å². The third-order valence-corrected chi connectivity index (χ3v) is 1.09. The zero-order chi connectivity index (χ0) is 16.7. The van der Waals surface area contributed by atoms with E-state index in [2.05, 4.69) is 31.2 Å². The van der Waals surface area contributed by atoms with Crippen LogP contribution in [-0.2, 0) is 19.2 Å². The Balaban J connectivity index is -0.0000000692. The van der Waals surface area contributed by atoms with Crippen LogP contribution in [0.1, 0.15) is 0 Å². The van der Waals surface area contributed by atoms with Crippen LogP contribution in [0.15, 0.2) is 49.6 Å². The number of hydrogen-bond acceptors (Lipinski definition) is 6. The van der Waals surface area contributed by atoms with E-state index >= 15 is 0 Å². The topological polar surface area (TPSA) is 166 Å². The molecule has 10 heteroatoms. The maximum absolute atomic E-state index is 9.84.